The molecule has 1 fully saturated rings. The predicted octanol–water partition coefficient (Wildman–Crippen LogP) is 9.69. The Morgan fingerprint density at radius 2 is 1.06 bits per heavy atom. The van der Waals surface area contributed by atoms with E-state index in [1.165, 1.54) is 6.92 Å². The molecule has 7 rings (SSSR count). The summed E-state index contributed by atoms with van der Waals surface area (Å²) < 4.78 is 67.4. The van der Waals surface area contributed by atoms with Gasteiger partial charge in [-0.2, -0.15) is 0 Å². The summed E-state index contributed by atoms with van der Waals surface area (Å²) in [5, 5.41) is 2.25. The molecule has 0 aliphatic carbocycles. The zero-order chi connectivity index (χ0) is 45.1. The molecule has 1 aliphatic rings. The Labute approximate surface area is 380 Å². The van der Waals surface area contributed by atoms with Gasteiger partial charge in [-0.05, 0) is 51.6 Å². The van der Waals surface area contributed by atoms with Gasteiger partial charge < -0.3 is 42.7 Å². The molecule has 1 aliphatic heterocycles. The van der Waals surface area contributed by atoms with E-state index in [9.17, 15) is 9.59 Å². The molecule has 7 unspecified atom stereocenters. The van der Waals surface area contributed by atoms with Crippen LogP contribution in [0.1, 0.15) is 47.6 Å². The lowest BCUT2D eigenvalue weighted by atomic mass is 10.1. The van der Waals surface area contributed by atoms with Gasteiger partial charge in [-0.15, -0.1) is 0 Å². The Morgan fingerprint density at radius 1 is 0.554 bits per heavy atom. The van der Waals surface area contributed by atoms with Crippen molar-refractivity contribution in [3.63, 3.8) is 0 Å². The Balaban J connectivity index is 1.14. The first kappa shape index (κ1) is 47.3. The fourth-order valence-electron chi connectivity index (χ4n) is 7.51. The number of benzene rings is 6. The molecule has 0 spiro atoms. The van der Waals surface area contributed by atoms with E-state index in [1.807, 2.05) is 140 Å². The standard InChI is InChI=1S/C54H57FO10/c1-39(56)26-29-50(57)65-53-49(37-58-31-40-16-6-2-7-17-40)64-54(51(53)55)63-38-48(61-34-42-20-10-4-11-21-42)52(62-35-43-22-12-5-13-23-43)47(60-33-41-18-8-3-9-19-41)36-59-32-44-27-28-45-24-14-15-25-46(45)30-44/h2-25,27-28,30,47-49,51-54H,26,29,31-38H2,1H3. The highest BCUT2D eigenvalue weighted by atomic mass is 19.1. The first-order chi connectivity index (χ1) is 31.9. The van der Waals surface area contributed by atoms with Gasteiger partial charge in [0.05, 0.1) is 59.3 Å². The second-order valence-corrected chi connectivity index (χ2v) is 16.1. The van der Waals surface area contributed by atoms with Crippen LogP contribution in [0, 0.1) is 0 Å². The summed E-state index contributed by atoms with van der Waals surface area (Å²) in [6.07, 6.45) is -8.30. The molecule has 0 radical (unpaired) electrons. The first-order valence-corrected chi connectivity index (χ1v) is 22.1. The second kappa shape index (κ2) is 25.2. The number of alkyl halides is 1. The normalized spacial score (nSPS) is 18.6. The number of hydrogen-bond acceptors (Lipinski definition) is 10. The average Bonchev–Trinajstić information content (AvgIpc) is 3.63. The lowest BCUT2D eigenvalue weighted by molar-refractivity contribution is -0.214. The lowest BCUT2D eigenvalue weighted by Gasteiger charge is -2.34. The highest BCUT2D eigenvalue weighted by molar-refractivity contribution is 5.83. The molecular weight excluding hydrogens is 828 g/mol. The van der Waals surface area contributed by atoms with Crippen LogP contribution in [-0.4, -0.2) is 74.6 Å². The second-order valence-electron chi connectivity index (χ2n) is 16.1. The summed E-state index contributed by atoms with van der Waals surface area (Å²) in [7, 11) is 0. The molecule has 6 aromatic carbocycles. The van der Waals surface area contributed by atoms with Gasteiger partial charge in [0.1, 0.15) is 30.2 Å². The Kier molecular flexibility index (Phi) is 18.3. The van der Waals surface area contributed by atoms with Crippen LogP contribution in [0.3, 0.4) is 0 Å². The summed E-state index contributed by atoms with van der Waals surface area (Å²) in [5.41, 5.74) is 4.70. The van der Waals surface area contributed by atoms with Crippen molar-refractivity contribution < 1.29 is 51.9 Å². The molecule has 1 heterocycles. The molecule has 1 saturated heterocycles. The number of carbonyl (C=O) groups is 2. The minimum Gasteiger partial charge on any atom is -0.456 e. The summed E-state index contributed by atoms with van der Waals surface area (Å²) in [6.45, 7) is 2.41. The van der Waals surface area contributed by atoms with Crippen LogP contribution in [0.5, 0.6) is 0 Å². The van der Waals surface area contributed by atoms with Crippen LogP contribution in [0.15, 0.2) is 164 Å². The van der Waals surface area contributed by atoms with Gasteiger partial charge in [0.25, 0.3) is 0 Å². The quantitative estimate of drug-likeness (QED) is 0.0489. The maximum Gasteiger partial charge on any atom is 0.306 e. The fraction of sp³-hybridized carbons (Fsp3) is 0.333. The number of rotatable bonds is 26. The number of fused-ring (bicyclic) bond motifs is 1. The topological polar surface area (TPSA) is 108 Å². The van der Waals surface area contributed by atoms with Crippen molar-refractivity contribution in [3.8, 4) is 0 Å². The molecule has 340 valence electrons. The van der Waals surface area contributed by atoms with E-state index in [0.717, 1.165) is 38.6 Å². The van der Waals surface area contributed by atoms with Crippen LogP contribution in [-0.2, 0) is 80.5 Å². The van der Waals surface area contributed by atoms with Crippen LogP contribution in [0.2, 0.25) is 0 Å². The molecule has 0 saturated carbocycles. The SMILES string of the molecule is CC(=O)CCC(=O)OC1C(COCc2ccccc2)OC(OCC(OCc2ccccc2)C(OCc2ccccc2)C(COCc2ccc3ccccc3c2)OCc2ccccc2)C1F. The van der Waals surface area contributed by atoms with E-state index in [1.54, 1.807) is 0 Å². The van der Waals surface area contributed by atoms with Gasteiger partial charge in [0, 0.05) is 6.42 Å². The zero-order valence-electron chi connectivity index (χ0n) is 36.7. The molecule has 11 heteroatoms. The number of ketones is 1. The third-order valence-corrected chi connectivity index (χ3v) is 11.0. The molecule has 0 aromatic heterocycles. The van der Waals surface area contributed by atoms with Gasteiger partial charge in [-0.3, -0.25) is 4.79 Å². The Bertz CT molecular complexity index is 2320. The lowest BCUT2D eigenvalue weighted by Crippen LogP contribution is -2.48. The maximum absolute atomic E-state index is 16.6. The van der Waals surface area contributed by atoms with E-state index in [2.05, 4.69) is 24.3 Å². The zero-order valence-corrected chi connectivity index (χ0v) is 36.7. The molecule has 0 amide bonds. The summed E-state index contributed by atoms with van der Waals surface area (Å²) >= 11 is 0. The molecule has 10 nitrogen and oxygen atoms in total. The number of halogens is 1. The van der Waals surface area contributed by atoms with Crippen molar-refractivity contribution in [2.45, 2.75) is 95.8 Å². The maximum atomic E-state index is 16.6. The minimum absolute atomic E-state index is 0.0250. The number of esters is 1. The number of carbonyl (C=O) groups excluding carboxylic acids is 2. The van der Waals surface area contributed by atoms with Crippen molar-refractivity contribution in [1.29, 1.82) is 0 Å². The van der Waals surface area contributed by atoms with E-state index >= 15 is 4.39 Å². The highest BCUT2D eigenvalue weighted by Gasteiger charge is 2.49. The van der Waals surface area contributed by atoms with Crippen LogP contribution in [0.25, 0.3) is 10.8 Å². The van der Waals surface area contributed by atoms with Gasteiger partial charge >= 0.3 is 5.97 Å². The fourth-order valence-corrected chi connectivity index (χ4v) is 7.51. The monoisotopic (exact) mass is 884 g/mol. The number of ether oxygens (including phenoxy) is 8. The van der Waals surface area contributed by atoms with Crippen molar-refractivity contribution in [2.75, 3.05) is 19.8 Å². The van der Waals surface area contributed by atoms with Gasteiger partial charge in [0.15, 0.2) is 18.6 Å². The van der Waals surface area contributed by atoms with Gasteiger partial charge in [0.2, 0.25) is 0 Å². The van der Waals surface area contributed by atoms with E-state index < -0.39 is 49.0 Å². The van der Waals surface area contributed by atoms with E-state index in [0.29, 0.717) is 6.61 Å². The van der Waals surface area contributed by atoms with Crippen LogP contribution in [0.4, 0.5) is 4.39 Å². The summed E-state index contributed by atoms with van der Waals surface area (Å²) in [6, 6.07) is 53.2. The molecule has 65 heavy (non-hydrogen) atoms. The average molecular weight is 885 g/mol. The highest BCUT2D eigenvalue weighted by Crippen LogP contribution is 2.30. The molecule has 0 bridgehead atoms. The molecule has 0 N–H and O–H groups in total. The number of Topliss-reactive ketones (excluding diaryl/α,β-unsaturated/α-hetero) is 1. The van der Waals surface area contributed by atoms with Crippen molar-refractivity contribution >= 4 is 22.5 Å². The Morgan fingerprint density at radius 3 is 1.65 bits per heavy atom. The third-order valence-electron chi connectivity index (χ3n) is 11.0. The van der Waals surface area contributed by atoms with Crippen molar-refractivity contribution in [2.24, 2.45) is 0 Å². The van der Waals surface area contributed by atoms with E-state index in [4.69, 9.17) is 37.9 Å². The first-order valence-electron chi connectivity index (χ1n) is 22.1. The summed E-state index contributed by atoms with van der Waals surface area (Å²) in [5.74, 6) is -0.896. The van der Waals surface area contributed by atoms with Gasteiger partial charge in [-0.1, -0.05) is 158 Å². The summed E-state index contributed by atoms with van der Waals surface area (Å²) in [4.78, 5) is 24.6. The van der Waals surface area contributed by atoms with Crippen molar-refractivity contribution in [1.82, 2.24) is 0 Å². The molecule has 7 atom stereocenters. The molecule has 6 aromatic rings. The number of hydrogen-bond donors (Lipinski definition) is 0. The van der Waals surface area contributed by atoms with Crippen LogP contribution < -0.4 is 0 Å². The molecular formula is C54H57FO10. The predicted molar refractivity (Wildman–Crippen MR) is 244 cm³/mol. The van der Waals surface area contributed by atoms with Crippen LogP contribution >= 0.6 is 0 Å². The minimum atomic E-state index is -1.89. The van der Waals surface area contributed by atoms with Crippen molar-refractivity contribution in [3.05, 3.63) is 192 Å². The largest absolute Gasteiger partial charge is 0.456 e. The third kappa shape index (κ3) is 15.0. The smallest absolute Gasteiger partial charge is 0.306 e. The van der Waals surface area contributed by atoms with E-state index in [-0.39, 0.29) is 64.9 Å². The Hall–Kier alpha value is -5.63. The van der Waals surface area contributed by atoms with Gasteiger partial charge in [-0.25, -0.2) is 4.39 Å².